The molecule has 0 spiro atoms. The molecule has 2 aromatic carbocycles. The summed E-state index contributed by atoms with van der Waals surface area (Å²) in [5.41, 5.74) is 3.19. The van der Waals surface area contributed by atoms with Gasteiger partial charge in [0, 0.05) is 18.7 Å². The molecule has 0 aliphatic carbocycles. The first-order valence-corrected chi connectivity index (χ1v) is 7.08. The van der Waals surface area contributed by atoms with Gasteiger partial charge in [-0.1, -0.05) is 47.5 Å². The van der Waals surface area contributed by atoms with Gasteiger partial charge < -0.3 is 5.32 Å². The van der Waals surface area contributed by atoms with Crippen molar-refractivity contribution >= 4 is 17.3 Å². The maximum Gasteiger partial charge on any atom is 0.288 e. The summed E-state index contributed by atoms with van der Waals surface area (Å²) in [7, 11) is 0. The van der Waals surface area contributed by atoms with Gasteiger partial charge in [-0.2, -0.15) is 0 Å². The number of rotatable bonds is 5. The van der Waals surface area contributed by atoms with Gasteiger partial charge in [-0.3, -0.25) is 10.1 Å². The van der Waals surface area contributed by atoms with E-state index >= 15 is 0 Å². The van der Waals surface area contributed by atoms with E-state index in [9.17, 15) is 10.1 Å². The zero-order valence-electron chi connectivity index (χ0n) is 12.0. The van der Waals surface area contributed by atoms with Crippen molar-refractivity contribution < 1.29 is 4.92 Å². The molecule has 0 saturated carbocycles. The molecule has 1 N–H and O–H groups in total. The van der Waals surface area contributed by atoms with E-state index in [1.807, 2.05) is 0 Å². The van der Waals surface area contributed by atoms with Crippen molar-refractivity contribution in [2.75, 3.05) is 0 Å². The molecule has 4 nitrogen and oxygen atoms in total. The molecule has 0 unspecified atom stereocenters. The van der Waals surface area contributed by atoms with Gasteiger partial charge in [-0.15, -0.1) is 0 Å². The first kappa shape index (κ1) is 15.5. The number of nitrogens with one attached hydrogen (secondary N) is 1. The fourth-order valence-corrected chi connectivity index (χ4v) is 2.24. The fraction of sp³-hybridized carbons (Fsp3) is 0.250. The molecule has 0 aliphatic rings. The third kappa shape index (κ3) is 4.03. The summed E-state index contributed by atoms with van der Waals surface area (Å²) >= 11 is 5.80. The summed E-state index contributed by atoms with van der Waals surface area (Å²) in [6.45, 7) is 4.66. The topological polar surface area (TPSA) is 55.2 Å². The molecule has 0 aliphatic heterocycles. The number of nitro groups is 1. The first-order valence-electron chi connectivity index (χ1n) is 6.70. The second kappa shape index (κ2) is 6.70. The molecular weight excluding hydrogens is 288 g/mol. The van der Waals surface area contributed by atoms with Crippen LogP contribution in [0, 0.1) is 17.0 Å². The summed E-state index contributed by atoms with van der Waals surface area (Å²) in [4.78, 5) is 10.4. The zero-order valence-corrected chi connectivity index (χ0v) is 12.7. The molecule has 0 heterocycles. The lowest BCUT2D eigenvalue weighted by molar-refractivity contribution is -0.384. The van der Waals surface area contributed by atoms with Crippen LogP contribution in [-0.4, -0.2) is 4.92 Å². The highest BCUT2D eigenvalue weighted by Crippen LogP contribution is 2.25. The molecule has 5 heteroatoms. The third-order valence-corrected chi connectivity index (χ3v) is 3.72. The van der Waals surface area contributed by atoms with Crippen LogP contribution in [0.2, 0.25) is 5.02 Å². The maximum atomic E-state index is 10.9. The van der Waals surface area contributed by atoms with Gasteiger partial charge in [0.2, 0.25) is 0 Å². The van der Waals surface area contributed by atoms with E-state index in [1.54, 1.807) is 12.1 Å². The Balaban J connectivity index is 2.04. The summed E-state index contributed by atoms with van der Waals surface area (Å²) in [6.07, 6.45) is 0. The third-order valence-electron chi connectivity index (χ3n) is 3.40. The average Bonchev–Trinajstić information content (AvgIpc) is 2.46. The minimum atomic E-state index is -0.463. The molecule has 0 fully saturated rings. The van der Waals surface area contributed by atoms with E-state index in [2.05, 4.69) is 43.4 Å². The van der Waals surface area contributed by atoms with Gasteiger partial charge in [-0.25, -0.2) is 0 Å². The molecule has 0 bridgehead atoms. The SMILES string of the molecule is Cc1ccc([C@H](C)NCc2ccc(Cl)c([N+](=O)[O-])c2)cc1. The van der Waals surface area contributed by atoms with Crippen molar-refractivity contribution in [3.05, 3.63) is 74.3 Å². The lowest BCUT2D eigenvalue weighted by Gasteiger charge is -2.14. The van der Waals surface area contributed by atoms with E-state index in [1.165, 1.54) is 17.2 Å². The van der Waals surface area contributed by atoms with E-state index < -0.39 is 4.92 Å². The lowest BCUT2D eigenvalue weighted by atomic mass is 10.1. The normalized spacial score (nSPS) is 12.1. The Bertz CT molecular complexity index is 641. The number of hydrogen-bond donors (Lipinski definition) is 1. The smallest absolute Gasteiger partial charge is 0.288 e. The van der Waals surface area contributed by atoms with Crippen molar-refractivity contribution in [3.8, 4) is 0 Å². The quantitative estimate of drug-likeness (QED) is 0.657. The van der Waals surface area contributed by atoms with Crippen LogP contribution in [0.25, 0.3) is 0 Å². The summed E-state index contributed by atoms with van der Waals surface area (Å²) < 4.78 is 0. The molecule has 0 amide bonds. The average molecular weight is 305 g/mol. The van der Waals surface area contributed by atoms with Crippen LogP contribution in [0.15, 0.2) is 42.5 Å². The Kier molecular flexibility index (Phi) is 4.94. The highest BCUT2D eigenvalue weighted by atomic mass is 35.5. The van der Waals surface area contributed by atoms with Gasteiger partial charge in [0.1, 0.15) is 5.02 Å². The molecule has 21 heavy (non-hydrogen) atoms. The monoisotopic (exact) mass is 304 g/mol. The fourth-order valence-electron chi connectivity index (χ4n) is 2.05. The van der Waals surface area contributed by atoms with Crippen molar-refractivity contribution in [1.29, 1.82) is 0 Å². The van der Waals surface area contributed by atoms with Crippen LogP contribution in [0.4, 0.5) is 5.69 Å². The van der Waals surface area contributed by atoms with Crippen molar-refractivity contribution in [2.45, 2.75) is 26.4 Å². The molecule has 0 aromatic heterocycles. The molecule has 110 valence electrons. The number of halogens is 1. The summed E-state index contributed by atoms with van der Waals surface area (Å²) in [5, 5.41) is 14.4. The Labute approximate surface area is 128 Å². The molecular formula is C16H17ClN2O2. The molecule has 1 atom stereocenters. The van der Waals surface area contributed by atoms with Crippen LogP contribution in [0.3, 0.4) is 0 Å². The Hall–Kier alpha value is -1.91. The predicted octanol–water partition coefficient (Wildman–Crippen LogP) is 4.41. The van der Waals surface area contributed by atoms with Gasteiger partial charge >= 0.3 is 0 Å². The maximum absolute atomic E-state index is 10.9. The van der Waals surface area contributed by atoms with E-state index in [0.717, 1.165) is 5.56 Å². The number of nitrogens with zero attached hydrogens (tertiary/aromatic N) is 1. The summed E-state index contributed by atoms with van der Waals surface area (Å²) in [5.74, 6) is 0. The molecule has 2 aromatic rings. The second-order valence-corrected chi connectivity index (χ2v) is 5.46. The van der Waals surface area contributed by atoms with Crippen LogP contribution in [-0.2, 0) is 6.54 Å². The van der Waals surface area contributed by atoms with Crippen LogP contribution < -0.4 is 5.32 Å². The second-order valence-electron chi connectivity index (χ2n) is 5.06. The van der Waals surface area contributed by atoms with Crippen LogP contribution in [0.5, 0.6) is 0 Å². The van der Waals surface area contributed by atoms with Crippen molar-refractivity contribution in [2.24, 2.45) is 0 Å². The standard InChI is InChI=1S/C16H17ClN2O2/c1-11-3-6-14(7-4-11)12(2)18-10-13-5-8-15(17)16(9-13)19(20)21/h3-9,12,18H,10H2,1-2H3/t12-/m0/s1. The van der Waals surface area contributed by atoms with Crippen LogP contribution >= 0.6 is 11.6 Å². The molecule has 0 saturated heterocycles. The number of aryl methyl sites for hydroxylation is 1. The van der Waals surface area contributed by atoms with E-state index in [4.69, 9.17) is 11.6 Å². The van der Waals surface area contributed by atoms with Gasteiger partial charge in [0.05, 0.1) is 4.92 Å². The van der Waals surface area contributed by atoms with Gasteiger partial charge in [0.25, 0.3) is 5.69 Å². The number of nitro benzene ring substituents is 1. The van der Waals surface area contributed by atoms with Gasteiger partial charge in [0.15, 0.2) is 0 Å². The molecule has 2 rings (SSSR count). The largest absolute Gasteiger partial charge is 0.306 e. The lowest BCUT2D eigenvalue weighted by Crippen LogP contribution is -2.18. The Morgan fingerprint density at radius 2 is 1.90 bits per heavy atom. The van der Waals surface area contributed by atoms with Crippen LogP contribution in [0.1, 0.15) is 29.7 Å². The Morgan fingerprint density at radius 1 is 1.24 bits per heavy atom. The summed E-state index contributed by atoms with van der Waals surface area (Å²) in [6, 6.07) is 13.3. The zero-order chi connectivity index (χ0) is 15.4. The highest BCUT2D eigenvalue weighted by molar-refractivity contribution is 6.32. The van der Waals surface area contributed by atoms with Crippen molar-refractivity contribution in [3.63, 3.8) is 0 Å². The van der Waals surface area contributed by atoms with Gasteiger partial charge in [-0.05, 0) is 31.0 Å². The van der Waals surface area contributed by atoms with Crippen molar-refractivity contribution in [1.82, 2.24) is 5.32 Å². The Morgan fingerprint density at radius 3 is 2.52 bits per heavy atom. The van der Waals surface area contributed by atoms with E-state index in [-0.39, 0.29) is 16.8 Å². The highest BCUT2D eigenvalue weighted by Gasteiger charge is 2.13. The molecule has 0 radical (unpaired) electrons. The van der Waals surface area contributed by atoms with E-state index in [0.29, 0.717) is 6.54 Å². The first-order chi connectivity index (χ1) is 9.97. The number of benzene rings is 2. The predicted molar refractivity (Wildman–Crippen MR) is 84.5 cm³/mol. The minimum Gasteiger partial charge on any atom is -0.306 e. The number of hydrogen-bond acceptors (Lipinski definition) is 3. The minimum absolute atomic E-state index is 0.0565.